The van der Waals surface area contributed by atoms with Crippen LogP contribution in [0.15, 0.2) is 24.4 Å². The zero-order valence-electron chi connectivity index (χ0n) is 11.0. The predicted octanol–water partition coefficient (Wildman–Crippen LogP) is 2.46. The van der Waals surface area contributed by atoms with E-state index in [9.17, 15) is 4.39 Å². The van der Waals surface area contributed by atoms with Gasteiger partial charge in [0.2, 0.25) is 0 Å². The third-order valence-corrected chi connectivity index (χ3v) is 3.56. The largest absolute Gasteiger partial charge is 0.493 e. The molecule has 0 fully saturated rings. The number of aromatic nitrogens is 2. The highest BCUT2D eigenvalue weighted by molar-refractivity contribution is 5.63. The summed E-state index contributed by atoms with van der Waals surface area (Å²) in [7, 11) is 3.25. The van der Waals surface area contributed by atoms with Crippen LogP contribution in [-0.2, 0) is 13.5 Å². The molecule has 19 heavy (non-hydrogen) atoms. The number of alkyl halides is 1. The van der Waals surface area contributed by atoms with Gasteiger partial charge in [-0.1, -0.05) is 18.2 Å². The maximum Gasteiger partial charge on any atom is 0.172 e. The van der Waals surface area contributed by atoms with Crippen LogP contribution in [0.1, 0.15) is 23.0 Å². The van der Waals surface area contributed by atoms with E-state index >= 15 is 0 Å². The molecular weight excluding hydrogens is 245 g/mol. The van der Waals surface area contributed by atoms with Crippen LogP contribution in [0.4, 0.5) is 10.1 Å². The lowest BCUT2D eigenvalue weighted by molar-refractivity contribution is 0.350. The summed E-state index contributed by atoms with van der Waals surface area (Å²) in [5.74, 6) is 0.477. The molecule has 0 saturated heterocycles. The molecule has 1 aromatic heterocycles. The molecule has 3 rings (SSSR count). The van der Waals surface area contributed by atoms with Crippen molar-refractivity contribution < 1.29 is 9.13 Å². The molecule has 2 aromatic rings. The minimum absolute atomic E-state index is 0.449. The Morgan fingerprint density at radius 2 is 2.32 bits per heavy atom. The molecule has 0 radical (unpaired) electrons. The Hall–Kier alpha value is -2.04. The number of halogens is 1. The number of rotatable bonds is 3. The molecule has 0 amide bonds. The Morgan fingerprint density at radius 1 is 1.47 bits per heavy atom. The van der Waals surface area contributed by atoms with Gasteiger partial charge in [0.15, 0.2) is 11.9 Å². The van der Waals surface area contributed by atoms with Gasteiger partial charge in [0, 0.05) is 24.8 Å². The number of fused-ring (bicyclic) bond motifs is 1. The van der Waals surface area contributed by atoms with E-state index in [0.717, 1.165) is 18.7 Å². The van der Waals surface area contributed by atoms with Crippen LogP contribution in [0.3, 0.4) is 0 Å². The number of hydrogen-bond donors (Lipinski definition) is 1. The van der Waals surface area contributed by atoms with E-state index in [1.165, 1.54) is 17.4 Å². The number of anilines is 1. The van der Waals surface area contributed by atoms with Crippen molar-refractivity contribution in [2.24, 2.45) is 7.05 Å². The van der Waals surface area contributed by atoms with E-state index in [1.54, 1.807) is 13.2 Å². The lowest BCUT2D eigenvalue weighted by Crippen LogP contribution is -2.07. The Kier molecular flexibility index (Phi) is 2.89. The van der Waals surface area contributed by atoms with E-state index in [0.29, 0.717) is 17.0 Å². The molecule has 1 aliphatic rings. The smallest absolute Gasteiger partial charge is 0.172 e. The molecule has 0 spiro atoms. The molecule has 0 bridgehead atoms. The van der Waals surface area contributed by atoms with Gasteiger partial charge >= 0.3 is 0 Å². The van der Waals surface area contributed by atoms with Gasteiger partial charge in [-0.15, -0.1) is 0 Å². The summed E-state index contributed by atoms with van der Waals surface area (Å²) in [4.78, 5) is 0. The quantitative estimate of drug-likeness (QED) is 0.922. The Labute approximate surface area is 111 Å². The number of nitrogens with one attached hydrogen (secondary N) is 1. The van der Waals surface area contributed by atoms with Crippen molar-refractivity contribution in [1.82, 2.24) is 9.78 Å². The third-order valence-electron chi connectivity index (χ3n) is 3.56. The van der Waals surface area contributed by atoms with Crippen LogP contribution in [0.5, 0.6) is 5.75 Å². The first-order valence-electron chi connectivity index (χ1n) is 6.28. The molecule has 1 atom stereocenters. The average Bonchev–Trinajstić information content (AvgIpc) is 3.03. The number of methoxy groups -OCH3 is 1. The normalized spacial score (nSPS) is 14.9. The molecule has 1 N–H and O–H groups in total. The Balaban J connectivity index is 2.07. The number of aryl methyl sites for hydroxylation is 1. The Morgan fingerprint density at radius 3 is 3.11 bits per heavy atom. The average molecular weight is 261 g/mol. The topological polar surface area (TPSA) is 39.1 Å². The van der Waals surface area contributed by atoms with Crippen molar-refractivity contribution >= 4 is 5.69 Å². The fraction of sp³-hybridized carbons (Fsp3) is 0.357. The second-order valence-corrected chi connectivity index (χ2v) is 4.64. The summed E-state index contributed by atoms with van der Waals surface area (Å²) in [6.45, 7) is 0.863. The van der Waals surface area contributed by atoms with Gasteiger partial charge in [-0.2, -0.15) is 5.10 Å². The van der Waals surface area contributed by atoms with E-state index in [-0.39, 0.29) is 0 Å². The number of ether oxygens (including phenoxy) is 1. The van der Waals surface area contributed by atoms with E-state index in [4.69, 9.17) is 4.74 Å². The first kappa shape index (κ1) is 12.0. The maximum atomic E-state index is 14.9. The number of benzene rings is 1. The second kappa shape index (κ2) is 4.57. The molecule has 4 nitrogen and oxygen atoms in total. The van der Waals surface area contributed by atoms with Gasteiger partial charge in [-0.25, -0.2) is 4.39 Å². The first-order valence-corrected chi connectivity index (χ1v) is 6.28. The van der Waals surface area contributed by atoms with Crippen molar-refractivity contribution in [3.63, 3.8) is 0 Å². The van der Waals surface area contributed by atoms with Crippen molar-refractivity contribution in [2.45, 2.75) is 12.6 Å². The van der Waals surface area contributed by atoms with Crippen LogP contribution in [0.25, 0.3) is 0 Å². The summed E-state index contributed by atoms with van der Waals surface area (Å²) in [5.41, 5.74) is 3.18. The van der Waals surface area contributed by atoms with Crippen molar-refractivity contribution in [3.05, 3.63) is 41.2 Å². The number of hydrogen-bond acceptors (Lipinski definition) is 3. The van der Waals surface area contributed by atoms with Gasteiger partial charge < -0.3 is 10.1 Å². The Bertz CT molecular complexity index is 609. The number of nitrogens with zero attached hydrogens (tertiary/aromatic N) is 2. The van der Waals surface area contributed by atoms with Crippen LogP contribution in [-0.4, -0.2) is 23.4 Å². The summed E-state index contributed by atoms with van der Waals surface area (Å²) in [5, 5.41) is 7.32. The molecular formula is C14H16FN3O. The van der Waals surface area contributed by atoms with Gasteiger partial charge in [0.25, 0.3) is 0 Å². The van der Waals surface area contributed by atoms with Crippen LogP contribution < -0.4 is 10.1 Å². The van der Waals surface area contributed by atoms with Crippen molar-refractivity contribution in [2.75, 3.05) is 19.0 Å². The maximum absolute atomic E-state index is 14.9. The van der Waals surface area contributed by atoms with E-state index in [2.05, 4.69) is 10.4 Å². The summed E-state index contributed by atoms with van der Waals surface area (Å²) < 4.78 is 21.6. The second-order valence-electron chi connectivity index (χ2n) is 4.64. The standard InChI is InChI=1S/C14H16FN3O/c1-18-14(11(19-2)8-17-18)12(15)10-5-3-4-9-6-7-16-13(9)10/h3-5,8,12,16H,6-7H2,1-2H3. The van der Waals surface area contributed by atoms with Crippen molar-refractivity contribution in [1.29, 1.82) is 0 Å². The van der Waals surface area contributed by atoms with Crippen LogP contribution in [0.2, 0.25) is 0 Å². The van der Waals surface area contributed by atoms with Crippen LogP contribution in [0, 0.1) is 0 Å². The summed E-state index contributed by atoms with van der Waals surface area (Å²) in [6.07, 6.45) is 1.24. The lowest BCUT2D eigenvalue weighted by atomic mass is 10.0. The monoisotopic (exact) mass is 261 g/mol. The zero-order valence-corrected chi connectivity index (χ0v) is 11.0. The minimum atomic E-state index is -1.25. The molecule has 0 saturated carbocycles. The molecule has 100 valence electrons. The highest BCUT2D eigenvalue weighted by Crippen LogP contribution is 2.38. The fourth-order valence-electron chi connectivity index (χ4n) is 2.60. The summed E-state index contributed by atoms with van der Waals surface area (Å²) >= 11 is 0. The highest BCUT2D eigenvalue weighted by Gasteiger charge is 2.26. The molecule has 1 aromatic carbocycles. The van der Waals surface area contributed by atoms with Crippen LogP contribution >= 0.6 is 0 Å². The molecule has 0 aliphatic carbocycles. The lowest BCUT2D eigenvalue weighted by Gasteiger charge is -2.15. The van der Waals surface area contributed by atoms with Gasteiger partial charge in [0.05, 0.1) is 13.3 Å². The van der Waals surface area contributed by atoms with E-state index in [1.807, 2.05) is 18.2 Å². The molecule has 2 heterocycles. The minimum Gasteiger partial charge on any atom is -0.493 e. The first-order chi connectivity index (χ1) is 9.22. The van der Waals surface area contributed by atoms with Gasteiger partial charge in [0.1, 0.15) is 5.69 Å². The molecule has 1 unspecified atom stereocenters. The van der Waals surface area contributed by atoms with Crippen molar-refractivity contribution in [3.8, 4) is 5.75 Å². The third kappa shape index (κ3) is 1.85. The zero-order chi connectivity index (χ0) is 13.4. The predicted molar refractivity (Wildman–Crippen MR) is 71.3 cm³/mol. The van der Waals surface area contributed by atoms with Gasteiger partial charge in [-0.3, -0.25) is 4.68 Å². The van der Waals surface area contributed by atoms with Gasteiger partial charge in [-0.05, 0) is 12.0 Å². The molecule has 1 aliphatic heterocycles. The highest BCUT2D eigenvalue weighted by atomic mass is 19.1. The molecule has 5 heteroatoms. The SMILES string of the molecule is COc1cnn(C)c1C(F)c1cccc2c1NCC2. The fourth-order valence-corrected chi connectivity index (χ4v) is 2.60. The number of para-hydroxylation sites is 1. The van der Waals surface area contributed by atoms with E-state index < -0.39 is 6.17 Å². The summed E-state index contributed by atoms with van der Waals surface area (Å²) in [6, 6.07) is 5.75.